The summed E-state index contributed by atoms with van der Waals surface area (Å²) in [6.07, 6.45) is 8.18. The highest BCUT2D eigenvalue weighted by Crippen LogP contribution is 2.28. The lowest BCUT2D eigenvalue weighted by molar-refractivity contribution is 0.250. The first-order valence-corrected chi connectivity index (χ1v) is 10.2. The van der Waals surface area contributed by atoms with E-state index in [2.05, 4.69) is 26.3 Å². The summed E-state index contributed by atoms with van der Waals surface area (Å²) in [5.41, 5.74) is 1.92. The molecule has 4 N–H and O–H groups in total. The van der Waals surface area contributed by atoms with Crippen LogP contribution in [0.25, 0.3) is 0 Å². The van der Waals surface area contributed by atoms with Crippen LogP contribution in [0.5, 0.6) is 0 Å². The van der Waals surface area contributed by atoms with E-state index in [0.29, 0.717) is 6.54 Å². The molecule has 0 spiro atoms. The summed E-state index contributed by atoms with van der Waals surface area (Å²) in [6, 6.07) is 7.77. The van der Waals surface area contributed by atoms with Gasteiger partial charge in [-0.25, -0.2) is 4.79 Å². The number of urea groups is 1. The lowest BCUT2D eigenvalue weighted by Gasteiger charge is -2.14. The maximum absolute atomic E-state index is 11.7. The Labute approximate surface area is 163 Å². The average Bonchev–Trinajstić information content (AvgIpc) is 3.15. The van der Waals surface area contributed by atoms with Crippen LogP contribution in [0.1, 0.15) is 57.9 Å². The third-order valence-corrected chi connectivity index (χ3v) is 4.87. The molecule has 1 aromatic rings. The van der Waals surface area contributed by atoms with Gasteiger partial charge in [0.05, 0.1) is 0 Å². The molecule has 1 fully saturated rings. The van der Waals surface area contributed by atoms with Crippen molar-refractivity contribution >= 4 is 17.7 Å². The van der Waals surface area contributed by atoms with Crippen LogP contribution in [-0.4, -0.2) is 31.6 Å². The Morgan fingerprint density at radius 1 is 1.15 bits per heavy atom. The van der Waals surface area contributed by atoms with Crippen LogP contribution < -0.4 is 21.3 Å². The molecule has 0 radical (unpaired) electrons. The van der Waals surface area contributed by atoms with Gasteiger partial charge in [0.15, 0.2) is 5.96 Å². The van der Waals surface area contributed by atoms with Crippen molar-refractivity contribution in [3.05, 3.63) is 29.8 Å². The fourth-order valence-corrected chi connectivity index (χ4v) is 3.44. The van der Waals surface area contributed by atoms with Gasteiger partial charge in [0.25, 0.3) is 0 Å². The van der Waals surface area contributed by atoms with E-state index in [1.807, 2.05) is 38.1 Å². The third-order valence-electron chi connectivity index (χ3n) is 4.87. The van der Waals surface area contributed by atoms with Gasteiger partial charge in [-0.1, -0.05) is 37.8 Å². The number of nitrogens with one attached hydrogen (secondary N) is 4. The number of aliphatic imine (C=N–C) groups is 1. The van der Waals surface area contributed by atoms with Crippen molar-refractivity contribution in [3.63, 3.8) is 0 Å². The Balaban J connectivity index is 1.66. The average molecular weight is 374 g/mol. The fourth-order valence-electron chi connectivity index (χ4n) is 3.44. The Morgan fingerprint density at radius 3 is 2.48 bits per heavy atom. The molecule has 0 aromatic heterocycles. The molecule has 27 heavy (non-hydrogen) atoms. The molecule has 2 amide bonds. The van der Waals surface area contributed by atoms with Gasteiger partial charge in [-0.15, -0.1) is 0 Å². The van der Waals surface area contributed by atoms with E-state index in [4.69, 9.17) is 0 Å². The number of carbonyl (C=O) groups excluding carboxylic acids is 1. The van der Waals surface area contributed by atoms with Crippen LogP contribution in [0.3, 0.4) is 0 Å². The van der Waals surface area contributed by atoms with E-state index in [9.17, 15) is 4.79 Å². The van der Waals surface area contributed by atoms with Crippen LogP contribution in [-0.2, 0) is 6.54 Å². The van der Waals surface area contributed by atoms with Crippen molar-refractivity contribution in [1.82, 2.24) is 16.0 Å². The number of hydrogen-bond donors (Lipinski definition) is 4. The molecular weight excluding hydrogens is 338 g/mol. The first-order chi connectivity index (χ1) is 13.1. The van der Waals surface area contributed by atoms with Gasteiger partial charge >= 0.3 is 6.03 Å². The largest absolute Gasteiger partial charge is 0.356 e. The number of guanidine groups is 1. The van der Waals surface area contributed by atoms with Crippen LogP contribution in [0.4, 0.5) is 10.5 Å². The Hall–Kier alpha value is -2.24. The summed E-state index contributed by atoms with van der Waals surface area (Å²) in [5.74, 6) is 1.77. The first kappa shape index (κ1) is 21.1. The standard InChI is InChI=1S/C21H35N5O/c1-16(2)25-21(27)26-19-12-10-18(11-13-19)15-24-20(22-3)23-14-6-9-17-7-4-5-8-17/h10-13,16-17H,4-9,14-15H2,1-3H3,(H2,22,23,24)(H2,25,26,27). The molecule has 0 bridgehead atoms. The summed E-state index contributed by atoms with van der Waals surface area (Å²) >= 11 is 0. The lowest BCUT2D eigenvalue weighted by Crippen LogP contribution is -2.37. The van der Waals surface area contributed by atoms with E-state index < -0.39 is 0 Å². The quantitative estimate of drug-likeness (QED) is 0.317. The van der Waals surface area contributed by atoms with Crippen molar-refractivity contribution in [3.8, 4) is 0 Å². The first-order valence-electron chi connectivity index (χ1n) is 10.2. The zero-order valence-electron chi connectivity index (χ0n) is 17.0. The second-order valence-corrected chi connectivity index (χ2v) is 7.60. The van der Waals surface area contributed by atoms with Crippen molar-refractivity contribution in [2.75, 3.05) is 18.9 Å². The van der Waals surface area contributed by atoms with Crippen LogP contribution >= 0.6 is 0 Å². The molecule has 2 rings (SSSR count). The van der Waals surface area contributed by atoms with E-state index >= 15 is 0 Å². The lowest BCUT2D eigenvalue weighted by atomic mass is 10.0. The second kappa shape index (κ2) is 11.5. The minimum atomic E-state index is -0.182. The molecule has 6 nitrogen and oxygen atoms in total. The normalized spacial score (nSPS) is 15.0. The highest BCUT2D eigenvalue weighted by Gasteiger charge is 2.14. The van der Waals surface area contributed by atoms with Crippen LogP contribution in [0, 0.1) is 5.92 Å². The van der Waals surface area contributed by atoms with Gasteiger partial charge in [0, 0.05) is 31.9 Å². The zero-order chi connectivity index (χ0) is 19.5. The van der Waals surface area contributed by atoms with Crippen molar-refractivity contribution < 1.29 is 4.79 Å². The maximum atomic E-state index is 11.7. The molecule has 6 heteroatoms. The summed E-state index contributed by atoms with van der Waals surface area (Å²) in [4.78, 5) is 16.0. The predicted molar refractivity (Wildman–Crippen MR) is 113 cm³/mol. The number of rotatable bonds is 8. The molecule has 0 heterocycles. The fraction of sp³-hybridized carbons (Fsp3) is 0.619. The SMILES string of the molecule is CN=C(NCCCC1CCCC1)NCc1ccc(NC(=O)NC(C)C)cc1. The second-order valence-electron chi connectivity index (χ2n) is 7.60. The number of carbonyl (C=O) groups is 1. The van der Waals surface area contributed by atoms with Gasteiger partial charge in [0.1, 0.15) is 0 Å². The molecule has 1 saturated carbocycles. The summed E-state index contributed by atoms with van der Waals surface area (Å²) in [5, 5.41) is 12.4. The summed E-state index contributed by atoms with van der Waals surface area (Å²) < 4.78 is 0. The molecule has 1 aliphatic carbocycles. The van der Waals surface area contributed by atoms with Crippen molar-refractivity contribution in [2.24, 2.45) is 10.9 Å². The molecule has 0 atom stereocenters. The van der Waals surface area contributed by atoms with Crippen molar-refractivity contribution in [1.29, 1.82) is 0 Å². The van der Waals surface area contributed by atoms with E-state index in [0.717, 1.165) is 29.7 Å². The van der Waals surface area contributed by atoms with Gasteiger partial charge in [-0.3, -0.25) is 4.99 Å². The van der Waals surface area contributed by atoms with E-state index in [1.165, 1.54) is 38.5 Å². The smallest absolute Gasteiger partial charge is 0.319 e. The minimum absolute atomic E-state index is 0.117. The molecule has 1 aliphatic rings. The number of hydrogen-bond acceptors (Lipinski definition) is 2. The minimum Gasteiger partial charge on any atom is -0.356 e. The maximum Gasteiger partial charge on any atom is 0.319 e. The van der Waals surface area contributed by atoms with Crippen LogP contribution in [0.15, 0.2) is 29.3 Å². The molecule has 150 valence electrons. The number of nitrogens with zero attached hydrogens (tertiary/aromatic N) is 1. The Bertz CT molecular complexity index is 591. The van der Waals surface area contributed by atoms with E-state index in [1.54, 1.807) is 7.05 Å². The van der Waals surface area contributed by atoms with Crippen molar-refractivity contribution in [2.45, 2.75) is 65.0 Å². The summed E-state index contributed by atoms with van der Waals surface area (Å²) in [6.45, 7) is 5.53. The zero-order valence-corrected chi connectivity index (χ0v) is 17.0. The summed E-state index contributed by atoms with van der Waals surface area (Å²) in [7, 11) is 1.80. The van der Waals surface area contributed by atoms with Gasteiger partial charge < -0.3 is 21.3 Å². The van der Waals surface area contributed by atoms with Gasteiger partial charge in [-0.2, -0.15) is 0 Å². The van der Waals surface area contributed by atoms with E-state index in [-0.39, 0.29) is 12.1 Å². The van der Waals surface area contributed by atoms with Gasteiger partial charge in [-0.05, 0) is 50.3 Å². The molecule has 0 aliphatic heterocycles. The molecule has 0 saturated heterocycles. The number of benzene rings is 1. The Kier molecular flexibility index (Phi) is 8.95. The molecule has 1 aromatic carbocycles. The number of amides is 2. The highest BCUT2D eigenvalue weighted by molar-refractivity contribution is 5.89. The predicted octanol–water partition coefficient (Wildman–Crippen LogP) is 3.85. The highest BCUT2D eigenvalue weighted by atomic mass is 16.2. The molecule has 0 unspecified atom stereocenters. The Morgan fingerprint density at radius 2 is 1.85 bits per heavy atom. The van der Waals surface area contributed by atoms with Crippen LogP contribution in [0.2, 0.25) is 0 Å². The number of anilines is 1. The monoisotopic (exact) mass is 373 g/mol. The molecular formula is C21H35N5O. The topological polar surface area (TPSA) is 77.6 Å². The van der Waals surface area contributed by atoms with Gasteiger partial charge in [0.2, 0.25) is 0 Å². The third kappa shape index (κ3) is 8.33.